The number of nitrogens with zero attached hydrogens (tertiary/aromatic N) is 1. The number of rotatable bonds is 8. The van der Waals surface area contributed by atoms with Gasteiger partial charge in [0.2, 0.25) is 0 Å². The highest BCUT2D eigenvalue weighted by Crippen LogP contribution is 2.10. The van der Waals surface area contributed by atoms with Gasteiger partial charge in [-0.1, -0.05) is 19.6 Å². The summed E-state index contributed by atoms with van der Waals surface area (Å²) in [5.74, 6) is 1.19. The van der Waals surface area contributed by atoms with Crippen LogP contribution in [0, 0.1) is 0 Å². The van der Waals surface area contributed by atoms with Crippen molar-refractivity contribution in [2.75, 3.05) is 18.6 Å². The van der Waals surface area contributed by atoms with Crippen molar-refractivity contribution in [1.29, 1.82) is 0 Å². The van der Waals surface area contributed by atoms with Gasteiger partial charge in [-0.15, -0.1) is 6.58 Å². The van der Waals surface area contributed by atoms with Crippen LogP contribution < -0.4 is 0 Å². The third-order valence-corrected chi connectivity index (χ3v) is 2.68. The molecule has 0 aromatic heterocycles. The maximum Gasteiger partial charge on any atom is 0.0472 e. The molecule has 0 radical (unpaired) electrons. The summed E-state index contributed by atoms with van der Waals surface area (Å²) < 4.78 is 0. The topological polar surface area (TPSA) is 3.24 Å². The number of hydrogen-bond acceptors (Lipinski definition) is 2. The van der Waals surface area contributed by atoms with Crippen LogP contribution in [0.2, 0.25) is 0 Å². The van der Waals surface area contributed by atoms with E-state index in [0.29, 0.717) is 6.04 Å². The monoisotopic (exact) mass is 199 g/mol. The predicted octanol–water partition coefficient (Wildman–Crippen LogP) is 3.15. The molecule has 13 heavy (non-hydrogen) atoms. The highest BCUT2D eigenvalue weighted by molar-refractivity contribution is 7.98. The molecule has 0 spiro atoms. The smallest absolute Gasteiger partial charge is 0.0472 e. The first-order valence-corrected chi connectivity index (χ1v) is 6.19. The Morgan fingerprint density at radius 3 is 2.54 bits per heavy atom. The summed E-state index contributed by atoms with van der Waals surface area (Å²) >= 11 is 1.88. The number of thioether (sulfide) groups is 1. The second-order valence-electron chi connectivity index (χ2n) is 3.00. The van der Waals surface area contributed by atoms with Gasteiger partial charge in [-0.3, -0.25) is 0 Å². The molecule has 0 bridgehead atoms. The summed E-state index contributed by atoms with van der Waals surface area (Å²) in [6.07, 6.45) is 8.41. The number of hydrogen-bond donors (Lipinski definition) is 0. The molecule has 0 saturated carbocycles. The second kappa shape index (κ2) is 8.24. The van der Waals surface area contributed by atoms with Crippen molar-refractivity contribution in [3.8, 4) is 0 Å². The van der Waals surface area contributed by atoms with E-state index in [1.54, 1.807) is 0 Å². The van der Waals surface area contributed by atoms with E-state index in [0.717, 1.165) is 19.4 Å². The maximum atomic E-state index is 3.87. The molecule has 1 unspecified atom stereocenters. The summed E-state index contributed by atoms with van der Waals surface area (Å²) in [6.45, 7) is 11.0. The zero-order valence-corrected chi connectivity index (χ0v) is 9.65. The third kappa shape index (κ3) is 5.04. The van der Waals surface area contributed by atoms with E-state index in [1.807, 2.05) is 24.0 Å². The predicted molar refractivity (Wildman–Crippen MR) is 64.2 cm³/mol. The fourth-order valence-corrected chi connectivity index (χ4v) is 1.79. The summed E-state index contributed by atoms with van der Waals surface area (Å²) in [6, 6.07) is 0.463. The largest absolute Gasteiger partial charge is 0.372 e. The minimum absolute atomic E-state index is 0.463. The molecule has 76 valence electrons. The Bertz CT molecular complexity index is 145. The first-order valence-electron chi connectivity index (χ1n) is 4.79. The minimum Gasteiger partial charge on any atom is -0.372 e. The van der Waals surface area contributed by atoms with Gasteiger partial charge in [-0.25, -0.2) is 0 Å². The molecular formula is C11H21NS. The molecule has 0 amide bonds. The van der Waals surface area contributed by atoms with Crippen molar-refractivity contribution in [2.24, 2.45) is 0 Å². The first-order chi connectivity index (χ1) is 6.29. The minimum atomic E-state index is 0.463. The first kappa shape index (κ1) is 12.6. The average molecular weight is 199 g/mol. The molecule has 1 atom stereocenters. The van der Waals surface area contributed by atoms with E-state index in [1.165, 1.54) is 5.75 Å². The van der Waals surface area contributed by atoms with Crippen LogP contribution in [0.15, 0.2) is 25.4 Å². The van der Waals surface area contributed by atoms with Crippen molar-refractivity contribution in [3.63, 3.8) is 0 Å². The lowest BCUT2D eigenvalue weighted by Gasteiger charge is -2.27. The Labute approximate surface area is 86.9 Å². The van der Waals surface area contributed by atoms with Crippen LogP contribution >= 0.6 is 11.8 Å². The van der Waals surface area contributed by atoms with Gasteiger partial charge in [0.25, 0.3) is 0 Å². The van der Waals surface area contributed by atoms with Crippen LogP contribution in [-0.2, 0) is 0 Å². The highest BCUT2D eigenvalue weighted by Gasteiger charge is 2.09. The van der Waals surface area contributed by atoms with Crippen molar-refractivity contribution in [3.05, 3.63) is 25.4 Å². The average Bonchev–Trinajstić information content (AvgIpc) is 2.17. The quantitative estimate of drug-likeness (QED) is 0.552. The highest BCUT2D eigenvalue weighted by atomic mass is 32.2. The fourth-order valence-electron chi connectivity index (χ4n) is 1.31. The Balaban J connectivity index is 3.99. The van der Waals surface area contributed by atoms with E-state index < -0.39 is 0 Å². The Hall–Kier alpha value is -0.370. The normalized spacial score (nSPS) is 12.2. The molecule has 0 heterocycles. The molecule has 0 rings (SSSR count). The SMILES string of the molecule is C=CC(CCSC)N(C=C)CCC. The van der Waals surface area contributed by atoms with E-state index in [4.69, 9.17) is 0 Å². The molecule has 0 aliphatic carbocycles. The lowest BCUT2D eigenvalue weighted by atomic mass is 10.2. The molecule has 0 aliphatic heterocycles. The molecule has 0 fully saturated rings. The van der Waals surface area contributed by atoms with Gasteiger partial charge < -0.3 is 4.90 Å². The van der Waals surface area contributed by atoms with Crippen LogP contribution in [0.3, 0.4) is 0 Å². The Kier molecular flexibility index (Phi) is 8.00. The fraction of sp³-hybridized carbons (Fsp3) is 0.636. The summed E-state index contributed by atoms with van der Waals surface area (Å²) in [7, 11) is 0. The van der Waals surface area contributed by atoms with E-state index >= 15 is 0 Å². The zero-order valence-electron chi connectivity index (χ0n) is 8.83. The van der Waals surface area contributed by atoms with E-state index in [9.17, 15) is 0 Å². The van der Waals surface area contributed by atoms with E-state index in [-0.39, 0.29) is 0 Å². The van der Waals surface area contributed by atoms with Crippen molar-refractivity contribution >= 4 is 11.8 Å². The summed E-state index contributed by atoms with van der Waals surface area (Å²) in [5, 5.41) is 0. The molecule has 2 heteroatoms. The van der Waals surface area contributed by atoms with Crippen molar-refractivity contribution < 1.29 is 0 Å². The van der Waals surface area contributed by atoms with Gasteiger partial charge in [-0.2, -0.15) is 11.8 Å². The van der Waals surface area contributed by atoms with Gasteiger partial charge in [0, 0.05) is 12.6 Å². The van der Waals surface area contributed by atoms with Gasteiger partial charge in [0.1, 0.15) is 0 Å². The van der Waals surface area contributed by atoms with Gasteiger partial charge in [0.05, 0.1) is 0 Å². The van der Waals surface area contributed by atoms with Crippen LogP contribution in [0.25, 0.3) is 0 Å². The van der Waals surface area contributed by atoms with Crippen molar-refractivity contribution in [2.45, 2.75) is 25.8 Å². The molecule has 0 aromatic carbocycles. The lowest BCUT2D eigenvalue weighted by molar-refractivity contribution is 0.315. The van der Waals surface area contributed by atoms with Crippen molar-refractivity contribution in [1.82, 2.24) is 4.90 Å². The van der Waals surface area contributed by atoms with Gasteiger partial charge in [0.15, 0.2) is 0 Å². The van der Waals surface area contributed by atoms with Crippen LogP contribution in [0.4, 0.5) is 0 Å². The molecular weight excluding hydrogens is 178 g/mol. The van der Waals surface area contributed by atoms with E-state index in [2.05, 4.69) is 31.2 Å². The summed E-state index contributed by atoms with van der Waals surface area (Å²) in [4.78, 5) is 2.27. The molecule has 0 N–H and O–H groups in total. The summed E-state index contributed by atoms with van der Waals surface area (Å²) in [5.41, 5.74) is 0. The zero-order chi connectivity index (χ0) is 10.1. The van der Waals surface area contributed by atoms with Crippen LogP contribution in [-0.4, -0.2) is 29.5 Å². The molecule has 1 nitrogen and oxygen atoms in total. The molecule has 0 aromatic rings. The maximum absolute atomic E-state index is 3.87. The lowest BCUT2D eigenvalue weighted by Crippen LogP contribution is -2.29. The molecule has 0 saturated heterocycles. The van der Waals surface area contributed by atoms with Crippen LogP contribution in [0.5, 0.6) is 0 Å². The second-order valence-corrected chi connectivity index (χ2v) is 3.99. The van der Waals surface area contributed by atoms with Gasteiger partial charge in [-0.05, 0) is 31.1 Å². The molecule has 0 aliphatic rings. The third-order valence-electron chi connectivity index (χ3n) is 2.03. The Morgan fingerprint density at radius 1 is 1.46 bits per heavy atom. The Morgan fingerprint density at radius 2 is 2.15 bits per heavy atom. The standard InChI is InChI=1S/C11H21NS/c1-5-9-12(7-3)11(6-2)8-10-13-4/h6-7,11H,2-3,5,8-10H2,1,4H3. The van der Waals surface area contributed by atoms with Crippen LogP contribution in [0.1, 0.15) is 19.8 Å². The van der Waals surface area contributed by atoms with Gasteiger partial charge >= 0.3 is 0 Å².